The summed E-state index contributed by atoms with van der Waals surface area (Å²) in [6.07, 6.45) is 0. The highest BCUT2D eigenvalue weighted by Crippen LogP contribution is 2.22. The van der Waals surface area contributed by atoms with Gasteiger partial charge in [-0.05, 0) is 19.1 Å². The third-order valence-electron chi connectivity index (χ3n) is 1.97. The lowest BCUT2D eigenvalue weighted by molar-refractivity contribution is -0.132. The van der Waals surface area contributed by atoms with Crippen LogP contribution in [0.5, 0.6) is 5.75 Å². The number of nitrogens with one attached hydrogen (secondary N) is 2. The summed E-state index contributed by atoms with van der Waals surface area (Å²) in [6, 6.07) is 6.79. The van der Waals surface area contributed by atoms with Crippen molar-refractivity contribution in [3.63, 3.8) is 0 Å². The molecular formula is C12H15ClN2O4. The van der Waals surface area contributed by atoms with Crippen LogP contribution in [-0.4, -0.2) is 31.6 Å². The molecule has 2 N–H and O–H groups in total. The molecule has 0 atom stereocenters. The van der Waals surface area contributed by atoms with Gasteiger partial charge in [0.2, 0.25) is 0 Å². The van der Waals surface area contributed by atoms with Crippen LogP contribution in [0.2, 0.25) is 5.02 Å². The van der Waals surface area contributed by atoms with E-state index in [-0.39, 0.29) is 13.2 Å². The van der Waals surface area contributed by atoms with E-state index in [1.54, 1.807) is 31.2 Å². The zero-order valence-corrected chi connectivity index (χ0v) is 11.2. The van der Waals surface area contributed by atoms with Crippen LogP contribution in [0.4, 0.5) is 0 Å². The second kappa shape index (κ2) is 8.34. The molecule has 2 amide bonds. The van der Waals surface area contributed by atoms with Crippen molar-refractivity contribution in [3.8, 4) is 5.75 Å². The topological polar surface area (TPSA) is 76.7 Å². The molecule has 0 radical (unpaired) electrons. The van der Waals surface area contributed by atoms with E-state index >= 15 is 0 Å². The zero-order chi connectivity index (χ0) is 14.1. The van der Waals surface area contributed by atoms with Gasteiger partial charge in [0.05, 0.1) is 5.02 Å². The minimum absolute atomic E-state index is 0.109. The molecule has 0 aliphatic heterocycles. The van der Waals surface area contributed by atoms with Gasteiger partial charge in [0.25, 0.3) is 11.8 Å². The summed E-state index contributed by atoms with van der Waals surface area (Å²) in [5.41, 5.74) is 4.39. The molecule has 0 aliphatic carbocycles. The molecule has 0 aliphatic rings. The third kappa shape index (κ3) is 6.08. The van der Waals surface area contributed by atoms with Crippen LogP contribution < -0.4 is 15.6 Å². The second-order valence-electron chi connectivity index (χ2n) is 3.45. The van der Waals surface area contributed by atoms with E-state index < -0.39 is 11.8 Å². The van der Waals surface area contributed by atoms with Crippen LogP contribution in [0.1, 0.15) is 6.92 Å². The Kier molecular flexibility index (Phi) is 6.70. The highest BCUT2D eigenvalue weighted by atomic mass is 35.5. The van der Waals surface area contributed by atoms with E-state index in [2.05, 4.69) is 10.9 Å². The van der Waals surface area contributed by atoms with Gasteiger partial charge in [-0.25, -0.2) is 0 Å². The number of amides is 2. The minimum atomic E-state index is -0.496. The van der Waals surface area contributed by atoms with Crippen LogP contribution in [0.25, 0.3) is 0 Å². The number of para-hydroxylation sites is 1. The number of hydrogen-bond donors (Lipinski definition) is 2. The molecule has 7 heteroatoms. The molecule has 0 saturated heterocycles. The highest BCUT2D eigenvalue weighted by molar-refractivity contribution is 6.32. The quantitative estimate of drug-likeness (QED) is 0.762. The molecule has 0 unspecified atom stereocenters. The van der Waals surface area contributed by atoms with Gasteiger partial charge in [-0.3, -0.25) is 20.4 Å². The molecule has 0 saturated carbocycles. The standard InChI is InChI=1S/C12H15ClN2O4/c1-2-18-7-11(16)14-15-12(17)8-19-10-6-4-3-5-9(10)13/h3-6H,2,7-8H2,1H3,(H,14,16)(H,15,17). The zero-order valence-electron chi connectivity index (χ0n) is 10.4. The first-order valence-corrected chi connectivity index (χ1v) is 6.04. The maximum absolute atomic E-state index is 11.4. The van der Waals surface area contributed by atoms with Crippen molar-refractivity contribution < 1.29 is 19.1 Å². The molecule has 104 valence electrons. The maximum Gasteiger partial charge on any atom is 0.276 e. The molecule has 19 heavy (non-hydrogen) atoms. The fraction of sp³-hybridized carbons (Fsp3) is 0.333. The summed E-state index contributed by atoms with van der Waals surface area (Å²) >= 11 is 5.85. The van der Waals surface area contributed by atoms with Gasteiger partial charge < -0.3 is 9.47 Å². The molecule has 0 fully saturated rings. The summed E-state index contributed by atoms with van der Waals surface area (Å²) < 4.78 is 10.0. The number of carbonyl (C=O) groups is 2. The Morgan fingerprint density at radius 3 is 2.42 bits per heavy atom. The molecule has 6 nitrogen and oxygen atoms in total. The van der Waals surface area contributed by atoms with E-state index in [0.717, 1.165) is 0 Å². The molecule has 0 bridgehead atoms. The van der Waals surface area contributed by atoms with Gasteiger partial charge in [0.1, 0.15) is 12.4 Å². The molecule has 0 aromatic heterocycles. The van der Waals surface area contributed by atoms with Gasteiger partial charge in [-0.2, -0.15) is 0 Å². The maximum atomic E-state index is 11.4. The number of ether oxygens (including phenoxy) is 2. The van der Waals surface area contributed by atoms with Crippen molar-refractivity contribution in [3.05, 3.63) is 29.3 Å². The fourth-order valence-corrected chi connectivity index (χ4v) is 1.30. The summed E-state index contributed by atoms with van der Waals surface area (Å²) in [4.78, 5) is 22.5. The van der Waals surface area contributed by atoms with Gasteiger partial charge in [0, 0.05) is 6.61 Å². The largest absolute Gasteiger partial charge is 0.482 e. The van der Waals surface area contributed by atoms with Gasteiger partial charge in [-0.1, -0.05) is 23.7 Å². The first-order valence-electron chi connectivity index (χ1n) is 5.66. The lowest BCUT2D eigenvalue weighted by Crippen LogP contribution is -2.45. The van der Waals surface area contributed by atoms with E-state index in [1.807, 2.05) is 0 Å². The lowest BCUT2D eigenvalue weighted by atomic mass is 10.3. The van der Waals surface area contributed by atoms with Gasteiger partial charge >= 0.3 is 0 Å². The average molecular weight is 287 g/mol. The first kappa shape index (κ1) is 15.3. The van der Waals surface area contributed by atoms with Crippen LogP contribution in [-0.2, 0) is 14.3 Å². The van der Waals surface area contributed by atoms with Crippen molar-refractivity contribution in [2.45, 2.75) is 6.92 Å². The molecule has 1 aromatic rings. The van der Waals surface area contributed by atoms with Crippen LogP contribution in [0, 0.1) is 0 Å². The summed E-state index contributed by atoms with van der Waals surface area (Å²) in [7, 11) is 0. The number of carbonyl (C=O) groups excluding carboxylic acids is 2. The lowest BCUT2D eigenvalue weighted by Gasteiger charge is -2.09. The van der Waals surface area contributed by atoms with Crippen molar-refractivity contribution in [2.75, 3.05) is 19.8 Å². The smallest absolute Gasteiger partial charge is 0.276 e. The van der Waals surface area contributed by atoms with E-state index in [0.29, 0.717) is 17.4 Å². The van der Waals surface area contributed by atoms with E-state index in [9.17, 15) is 9.59 Å². The molecule has 0 heterocycles. The first-order chi connectivity index (χ1) is 9.13. The second-order valence-corrected chi connectivity index (χ2v) is 3.86. The van der Waals surface area contributed by atoms with Crippen molar-refractivity contribution in [1.29, 1.82) is 0 Å². The number of halogens is 1. The Morgan fingerprint density at radius 1 is 1.16 bits per heavy atom. The predicted octanol–water partition coefficient (Wildman–Crippen LogP) is 0.903. The Morgan fingerprint density at radius 2 is 1.79 bits per heavy atom. The summed E-state index contributed by atoms with van der Waals surface area (Å²) in [6.45, 7) is 1.83. The minimum Gasteiger partial charge on any atom is -0.482 e. The number of benzene rings is 1. The molecule has 1 rings (SSSR count). The Balaban J connectivity index is 2.25. The van der Waals surface area contributed by atoms with Gasteiger partial charge in [0.15, 0.2) is 6.61 Å². The Hall–Kier alpha value is -1.79. The molecular weight excluding hydrogens is 272 g/mol. The highest BCUT2D eigenvalue weighted by Gasteiger charge is 2.06. The SMILES string of the molecule is CCOCC(=O)NNC(=O)COc1ccccc1Cl. The van der Waals surface area contributed by atoms with Crippen LogP contribution in [0.3, 0.4) is 0 Å². The Labute approximate surface area is 116 Å². The van der Waals surface area contributed by atoms with Crippen LogP contribution >= 0.6 is 11.6 Å². The van der Waals surface area contributed by atoms with Gasteiger partial charge in [-0.15, -0.1) is 0 Å². The summed E-state index contributed by atoms with van der Waals surface area (Å²) in [5, 5.41) is 0.413. The fourth-order valence-electron chi connectivity index (χ4n) is 1.11. The van der Waals surface area contributed by atoms with E-state index in [1.165, 1.54) is 0 Å². The molecule has 0 spiro atoms. The van der Waals surface area contributed by atoms with Crippen molar-refractivity contribution in [1.82, 2.24) is 10.9 Å². The van der Waals surface area contributed by atoms with E-state index in [4.69, 9.17) is 21.1 Å². The number of hydrazine groups is 1. The number of rotatable bonds is 6. The normalized spacial score (nSPS) is 9.79. The Bertz CT molecular complexity index is 439. The summed E-state index contributed by atoms with van der Waals surface area (Å²) in [5.74, 6) is -0.530. The van der Waals surface area contributed by atoms with Crippen molar-refractivity contribution >= 4 is 23.4 Å². The average Bonchev–Trinajstić information content (AvgIpc) is 2.42. The van der Waals surface area contributed by atoms with Crippen LogP contribution in [0.15, 0.2) is 24.3 Å². The monoisotopic (exact) mass is 286 g/mol. The van der Waals surface area contributed by atoms with Crippen molar-refractivity contribution in [2.24, 2.45) is 0 Å². The third-order valence-corrected chi connectivity index (χ3v) is 2.29. The number of hydrogen-bond acceptors (Lipinski definition) is 4. The molecule has 1 aromatic carbocycles. The predicted molar refractivity (Wildman–Crippen MR) is 69.7 cm³/mol.